The standard InChI is InChI=1S/C12H16N2O4/c1-7-10(18-8(2)13-7)11(15)14-5-3-4-9(6-14)12(16)17/h9H,3-6H2,1-2H3,(H,16,17). The fourth-order valence-electron chi connectivity index (χ4n) is 2.24. The van der Waals surface area contributed by atoms with Gasteiger partial charge in [0.05, 0.1) is 11.6 Å². The van der Waals surface area contributed by atoms with Crippen LogP contribution in [0, 0.1) is 19.8 Å². The molecule has 6 heteroatoms. The highest BCUT2D eigenvalue weighted by Gasteiger charge is 2.30. The lowest BCUT2D eigenvalue weighted by molar-refractivity contribution is -0.143. The number of amides is 1. The maximum atomic E-state index is 12.2. The average Bonchev–Trinajstić information content (AvgIpc) is 2.67. The van der Waals surface area contributed by atoms with E-state index in [2.05, 4.69) is 4.98 Å². The Morgan fingerprint density at radius 1 is 1.44 bits per heavy atom. The summed E-state index contributed by atoms with van der Waals surface area (Å²) < 4.78 is 5.28. The second-order valence-corrected chi connectivity index (χ2v) is 4.58. The number of carbonyl (C=O) groups excluding carboxylic acids is 1. The number of piperidine rings is 1. The Hall–Kier alpha value is -1.85. The maximum Gasteiger partial charge on any atom is 0.308 e. The molecule has 18 heavy (non-hydrogen) atoms. The van der Waals surface area contributed by atoms with Gasteiger partial charge in [0.25, 0.3) is 5.91 Å². The number of carboxylic acid groups (broad SMARTS) is 1. The summed E-state index contributed by atoms with van der Waals surface area (Å²) in [5.74, 6) is -0.926. The maximum absolute atomic E-state index is 12.2. The summed E-state index contributed by atoms with van der Waals surface area (Å²) in [6.07, 6.45) is 1.32. The summed E-state index contributed by atoms with van der Waals surface area (Å²) in [7, 11) is 0. The van der Waals surface area contributed by atoms with Crippen molar-refractivity contribution in [2.24, 2.45) is 5.92 Å². The molecule has 2 rings (SSSR count). The number of aliphatic carboxylic acids is 1. The first-order chi connectivity index (χ1) is 8.49. The van der Waals surface area contributed by atoms with E-state index in [-0.39, 0.29) is 18.2 Å². The molecular weight excluding hydrogens is 236 g/mol. The highest BCUT2D eigenvalue weighted by atomic mass is 16.4. The van der Waals surface area contributed by atoms with Gasteiger partial charge in [-0.15, -0.1) is 0 Å². The van der Waals surface area contributed by atoms with Gasteiger partial charge in [0.15, 0.2) is 5.89 Å². The second kappa shape index (κ2) is 4.80. The Balaban J connectivity index is 2.14. The van der Waals surface area contributed by atoms with Gasteiger partial charge < -0.3 is 14.4 Å². The molecule has 1 amide bonds. The summed E-state index contributed by atoms with van der Waals surface area (Å²) in [5, 5.41) is 8.99. The Kier molecular flexibility index (Phi) is 3.36. The minimum Gasteiger partial charge on any atom is -0.481 e. The molecule has 1 aliphatic rings. The molecule has 98 valence electrons. The number of oxazole rings is 1. The number of hydrogen-bond acceptors (Lipinski definition) is 4. The quantitative estimate of drug-likeness (QED) is 0.855. The van der Waals surface area contributed by atoms with Crippen LogP contribution < -0.4 is 0 Å². The highest BCUT2D eigenvalue weighted by molar-refractivity contribution is 5.92. The van der Waals surface area contributed by atoms with E-state index in [4.69, 9.17) is 9.52 Å². The van der Waals surface area contributed by atoms with E-state index < -0.39 is 11.9 Å². The van der Waals surface area contributed by atoms with Crippen molar-refractivity contribution in [3.63, 3.8) is 0 Å². The third-order valence-corrected chi connectivity index (χ3v) is 3.16. The van der Waals surface area contributed by atoms with Crippen LogP contribution in [0.2, 0.25) is 0 Å². The van der Waals surface area contributed by atoms with Crippen LogP contribution in [-0.4, -0.2) is 40.0 Å². The fraction of sp³-hybridized carbons (Fsp3) is 0.583. The first kappa shape index (κ1) is 12.6. The SMILES string of the molecule is Cc1nc(C)c(C(=O)N2CCCC(C(=O)O)C2)o1. The number of carboxylic acids is 1. The summed E-state index contributed by atoms with van der Waals surface area (Å²) in [4.78, 5) is 28.7. The predicted molar refractivity (Wildman–Crippen MR) is 62.2 cm³/mol. The van der Waals surface area contributed by atoms with Gasteiger partial charge in [0.1, 0.15) is 0 Å². The van der Waals surface area contributed by atoms with Crippen molar-refractivity contribution >= 4 is 11.9 Å². The summed E-state index contributed by atoms with van der Waals surface area (Å²) in [5.41, 5.74) is 0.551. The Labute approximate surface area is 105 Å². The molecule has 1 unspecified atom stereocenters. The minimum atomic E-state index is -0.849. The zero-order chi connectivity index (χ0) is 13.3. The van der Waals surface area contributed by atoms with Gasteiger partial charge in [-0.1, -0.05) is 0 Å². The van der Waals surface area contributed by atoms with E-state index in [1.165, 1.54) is 4.90 Å². The van der Waals surface area contributed by atoms with E-state index in [0.29, 0.717) is 31.0 Å². The molecule has 1 saturated heterocycles. The fourth-order valence-corrected chi connectivity index (χ4v) is 2.24. The van der Waals surface area contributed by atoms with Crippen LogP contribution in [0.15, 0.2) is 4.42 Å². The Morgan fingerprint density at radius 2 is 2.17 bits per heavy atom. The topological polar surface area (TPSA) is 83.6 Å². The Morgan fingerprint density at radius 3 is 2.72 bits per heavy atom. The van der Waals surface area contributed by atoms with Crippen molar-refractivity contribution < 1.29 is 19.1 Å². The van der Waals surface area contributed by atoms with Gasteiger partial charge in [-0.3, -0.25) is 9.59 Å². The number of rotatable bonds is 2. The predicted octanol–water partition coefficient (Wildman–Crippen LogP) is 1.23. The largest absolute Gasteiger partial charge is 0.481 e. The van der Waals surface area contributed by atoms with E-state index in [0.717, 1.165) is 0 Å². The molecular formula is C12H16N2O4. The van der Waals surface area contributed by atoms with Crippen molar-refractivity contribution in [2.75, 3.05) is 13.1 Å². The minimum absolute atomic E-state index is 0.221. The zero-order valence-corrected chi connectivity index (χ0v) is 10.5. The lowest BCUT2D eigenvalue weighted by Gasteiger charge is -2.30. The van der Waals surface area contributed by atoms with Gasteiger partial charge >= 0.3 is 5.97 Å². The zero-order valence-electron chi connectivity index (χ0n) is 10.5. The summed E-state index contributed by atoms with van der Waals surface area (Å²) in [6.45, 7) is 4.21. The van der Waals surface area contributed by atoms with E-state index in [1.807, 2.05) is 0 Å². The van der Waals surface area contributed by atoms with Crippen molar-refractivity contribution in [1.29, 1.82) is 0 Å². The second-order valence-electron chi connectivity index (χ2n) is 4.58. The summed E-state index contributed by atoms with van der Waals surface area (Å²) >= 11 is 0. The van der Waals surface area contributed by atoms with Crippen LogP contribution in [0.1, 0.15) is 35.0 Å². The number of likely N-dealkylation sites (tertiary alicyclic amines) is 1. The van der Waals surface area contributed by atoms with Gasteiger partial charge in [-0.25, -0.2) is 4.98 Å². The molecule has 0 radical (unpaired) electrons. The molecule has 2 heterocycles. The average molecular weight is 252 g/mol. The van der Waals surface area contributed by atoms with Gasteiger partial charge in [0, 0.05) is 20.0 Å². The van der Waals surface area contributed by atoms with E-state index in [9.17, 15) is 9.59 Å². The third kappa shape index (κ3) is 2.37. The van der Waals surface area contributed by atoms with Crippen molar-refractivity contribution in [3.8, 4) is 0 Å². The normalized spacial score (nSPS) is 19.9. The van der Waals surface area contributed by atoms with Crippen molar-refractivity contribution in [1.82, 2.24) is 9.88 Å². The Bertz CT molecular complexity index is 480. The number of aromatic nitrogens is 1. The molecule has 0 aromatic carbocycles. The number of aryl methyl sites for hydroxylation is 2. The monoisotopic (exact) mass is 252 g/mol. The molecule has 0 aliphatic carbocycles. The first-order valence-electron chi connectivity index (χ1n) is 5.95. The van der Waals surface area contributed by atoms with Crippen LogP contribution >= 0.6 is 0 Å². The number of carbonyl (C=O) groups is 2. The molecule has 1 atom stereocenters. The van der Waals surface area contributed by atoms with Gasteiger partial charge in [-0.2, -0.15) is 0 Å². The lowest BCUT2D eigenvalue weighted by Crippen LogP contribution is -2.42. The van der Waals surface area contributed by atoms with Crippen LogP contribution in [0.3, 0.4) is 0 Å². The molecule has 0 saturated carbocycles. The molecule has 0 bridgehead atoms. The lowest BCUT2D eigenvalue weighted by atomic mass is 9.98. The van der Waals surface area contributed by atoms with Crippen LogP contribution in [0.4, 0.5) is 0 Å². The number of nitrogens with zero attached hydrogens (tertiary/aromatic N) is 2. The molecule has 1 aromatic heterocycles. The molecule has 1 aliphatic heterocycles. The van der Waals surface area contributed by atoms with Gasteiger partial charge in [-0.05, 0) is 19.8 Å². The molecule has 6 nitrogen and oxygen atoms in total. The van der Waals surface area contributed by atoms with Crippen molar-refractivity contribution in [2.45, 2.75) is 26.7 Å². The van der Waals surface area contributed by atoms with Crippen LogP contribution in [0.25, 0.3) is 0 Å². The first-order valence-corrected chi connectivity index (χ1v) is 5.95. The molecule has 0 spiro atoms. The molecule has 1 fully saturated rings. The smallest absolute Gasteiger partial charge is 0.308 e. The number of hydrogen-bond donors (Lipinski definition) is 1. The van der Waals surface area contributed by atoms with E-state index >= 15 is 0 Å². The van der Waals surface area contributed by atoms with Crippen LogP contribution in [-0.2, 0) is 4.79 Å². The molecule has 1 aromatic rings. The summed E-state index contributed by atoms with van der Waals surface area (Å²) in [6, 6.07) is 0. The van der Waals surface area contributed by atoms with Crippen LogP contribution in [0.5, 0.6) is 0 Å². The third-order valence-electron chi connectivity index (χ3n) is 3.16. The van der Waals surface area contributed by atoms with Gasteiger partial charge in [0.2, 0.25) is 5.76 Å². The molecule has 1 N–H and O–H groups in total. The highest BCUT2D eigenvalue weighted by Crippen LogP contribution is 2.20. The van der Waals surface area contributed by atoms with Crippen molar-refractivity contribution in [3.05, 3.63) is 17.3 Å². The van der Waals surface area contributed by atoms with E-state index in [1.54, 1.807) is 13.8 Å².